The van der Waals surface area contributed by atoms with Crippen LogP contribution in [0, 0.1) is 0 Å². The quantitative estimate of drug-likeness (QED) is 0.805. The van der Waals surface area contributed by atoms with E-state index in [-0.39, 0.29) is 5.56 Å². The third-order valence-corrected chi connectivity index (χ3v) is 2.99. The lowest BCUT2D eigenvalue weighted by Gasteiger charge is -2.37. The molecule has 1 saturated heterocycles. The second-order valence-electron chi connectivity index (χ2n) is 4.73. The molecule has 0 amide bonds. The Kier molecular flexibility index (Phi) is 3.02. The van der Waals surface area contributed by atoms with Crippen LogP contribution in [0.3, 0.4) is 0 Å². The van der Waals surface area contributed by atoms with Crippen molar-refractivity contribution in [1.29, 1.82) is 0 Å². The molecular formula is C12H16N2O3. The molecule has 0 aromatic carbocycles. The summed E-state index contributed by atoms with van der Waals surface area (Å²) in [5, 5.41) is 18.9. The van der Waals surface area contributed by atoms with Crippen molar-refractivity contribution in [3.05, 3.63) is 23.9 Å². The maximum absolute atomic E-state index is 10.9. The van der Waals surface area contributed by atoms with Gasteiger partial charge < -0.3 is 15.1 Å². The van der Waals surface area contributed by atoms with Crippen LogP contribution >= 0.6 is 0 Å². The Morgan fingerprint density at radius 1 is 1.59 bits per heavy atom. The van der Waals surface area contributed by atoms with Gasteiger partial charge in [-0.3, -0.25) is 0 Å². The van der Waals surface area contributed by atoms with E-state index >= 15 is 0 Å². The summed E-state index contributed by atoms with van der Waals surface area (Å²) in [6.45, 7) is 3.08. The van der Waals surface area contributed by atoms with E-state index in [1.807, 2.05) is 4.90 Å². The summed E-state index contributed by atoms with van der Waals surface area (Å²) in [6.07, 6.45) is 3.14. The summed E-state index contributed by atoms with van der Waals surface area (Å²) in [7, 11) is 0. The maximum Gasteiger partial charge on any atom is 0.335 e. The molecule has 1 unspecified atom stereocenters. The number of aliphatic hydroxyl groups is 1. The highest BCUT2D eigenvalue weighted by molar-refractivity contribution is 5.88. The minimum Gasteiger partial charge on any atom is -0.478 e. The number of piperidine rings is 1. The van der Waals surface area contributed by atoms with Gasteiger partial charge in [0.2, 0.25) is 0 Å². The number of rotatable bonds is 2. The van der Waals surface area contributed by atoms with Crippen LogP contribution in [0.15, 0.2) is 18.3 Å². The van der Waals surface area contributed by atoms with E-state index in [2.05, 4.69) is 4.98 Å². The minimum absolute atomic E-state index is 0.222. The molecule has 1 atom stereocenters. The van der Waals surface area contributed by atoms with Crippen molar-refractivity contribution in [3.63, 3.8) is 0 Å². The van der Waals surface area contributed by atoms with E-state index in [0.717, 1.165) is 19.4 Å². The molecule has 5 heteroatoms. The number of β-amino-alcohol motifs (C(OH)–C–C–N with tert-alkyl or cyclic N) is 1. The van der Waals surface area contributed by atoms with Gasteiger partial charge in [-0.25, -0.2) is 9.78 Å². The maximum atomic E-state index is 10.9. The third-order valence-electron chi connectivity index (χ3n) is 2.99. The fraction of sp³-hybridized carbons (Fsp3) is 0.500. The van der Waals surface area contributed by atoms with Crippen LogP contribution in [-0.2, 0) is 0 Å². The van der Waals surface area contributed by atoms with Gasteiger partial charge in [0, 0.05) is 19.3 Å². The summed E-state index contributed by atoms with van der Waals surface area (Å²) in [4.78, 5) is 17.0. The van der Waals surface area contributed by atoms with Crippen molar-refractivity contribution in [2.75, 3.05) is 18.0 Å². The molecule has 1 aromatic rings. The second kappa shape index (κ2) is 4.33. The van der Waals surface area contributed by atoms with E-state index in [9.17, 15) is 9.90 Å². The predicted molar refractivity (Wildman–Crippen MR) is 63.3 cm³/mol. The van der Waals surface area contributed by atoms with Crippen LogP contribution < -0.4 is 4.90 Å². The fourth-order valence-corrected chi connectivity index (χ4v) is 2.14. The normalized spacial score (nSPS) is 24.7. The minimum atomic E-state index is -0.961. The van der Waals surface area contributed by atoms with Gasteiger partial charge in [-0.2, -0.15) is 0 Å². The summed E-state index contributed by atoms with van der Waals surface area (Å²) < 4.78 is 0. The number of hydrogen-bond acceptors (Lipinski definition) is 4. The summed E-state index contributed by atoms with van der Waals surface area (Å²) in [6, 6.07) is 3.01. The first-order valence-corrected chi connectivity index (χ1v) is 5.65. The summed E-state index contributed by atoms with van der Waals surface area (Å²) in [5.41, 5.74) is -0.501. The Bertz CT molecular complexity index is 432. The molecule has 5 nitrogen and oxygen atoms in total. The average Bonchev–Trinajstić information content (AvgIpc) is 2.28. The highest BCUT2D eigenvalue weighted by Crippen LogP contribution is 2.24. The van der Waals surface area contributed by atoms with Gasteiger partial charge in [0.25, 0.3) is 0 Å². The monoisotopic (exact) mass is 236 g/mol. The van der Waals surface area contributed by atoms with Gasteiger partial charge in [0.1, 0.15) is 5.82 Å². The number of aromatic nitrogens is 1. The first kappa shape index (κ1) is 11.9. The van der Waals surface area contributed by atoms with E-state index in [0.29, 0.717) is 12.4 Å². The topological polar surface area (TPSA) is 73.7 Å². The SMILES string of the molecule is CC1(O)CCCN(c2cc(C(=O)O)ccn2)C1. The van der Waals surface area contributed by atoms with Crippen molar-refractivity contribution in [1.82, 2.24) is 4.98 Å². The molecule has 17 heavy (non-hydrogen) atoms. The molecule has 2 N–H and O–H groups in total. The zero-order valence-corrected chi connectivity index (χ0v) is 9.76. The van der Waals surface area contributed by atoms with Crippen molar-refractivity contribution in [3.8, 4) is 0 Å². The molecule has 0 radical (unpaired) electrons. The van der Waals surface area contributed by atoms with Gasteiger partial charge >= 0.3 is 5.97 Å². The summed E-state index contributed by atoms with van der Waals surface area (Å²) >= 11 is 0. The van der Waals surface area contributed by atoms with Crippen LogP contribution in [0.5, 0.6) is 0 Å². The fourth-order valence-electron chi connectivity index (χ4n) is 2.14. The molecule has 1 fully saturated rings. The van der Waals surface area contributed by atoms with Gasteiger partial charge in [-0.05, 0) is 31.9 Å². The van der Waals surface area contributed by atoms with Crippen molar-refractivity contribution >= 4 is 11.8 Å². The number of hydrogen-bond donors (Lipinski definition) is 2. The van der Waals surface area contributed by atoms with E-state index in [1.165, 1.54) is 12.3 Å². The standard InChI is InChI=1S/C12H16N2O3/c1-12(17)4-2-6-14(8-12)10-7-9(11(15)16)3-5-13-10/h3,5,7,17H,2,4,6,8H2,1H3,(H,15,16). The number of carboxylic acid groups (broad SMARTS) is 1. The number of pyridine rings is 1. The first-order chi connectivity index (χ1) is 7.98. The van der Waals surface area contributed by atoms with Crippen LogP contribution in [-0.4, -0.2) is 39.9 Å². The Morgan fingerprint density at radius 3 is 3.00 bits per heavy atom. The molecule has 1 aliphatic heterocycles. The molecule has 2 heterocycles. The second-order valence-corrected chi connectivity index (χ2v) is 4.73. The summed E-state index contributed by atoms with van der Waals surface area (Å²) in [5.74, 6) is -0.345. The highest BCUT2D eigenvalue weighted by atomic mass is 16.4. The lowest BCUT2D eigenvalue weighted by molar-refractivity contribution is 0.0447. The zero-order chi connectivity index (χ0) is 12.5. The van der Waals surface area contributed by atoms with Crippen LogP contribution in [0.25, 0.3) is 0 Å². The van der Waals surface area contributed by atoms with E-state index in [4.69, 9.17) is 5.11 Å². The smallest absolute Gasteiger partial charge is 0.335 e. The van der Waals surface area contributed by atoms with Gasteiger partial charge in [0.15, 0.2) is 0 Å². The average molecular weight is 236 g/mol. The number of aromatic carboxylic acids is 1. The number of carbonyl (C=O) groups is 1. The van der Waals surface area contributed by atoms with Crippen LogP contribution in [0.4, 0.5) is 5.82 Å². The van der Waals surface area contributed by atoms with Crippen LogP contribution in [0.1, 0.15) is 30.1 Å². The lowest BCUT2D eigenvalue weighted by atomic mass is 9.95. The zero-order valence-electron chi connectivity index (χ0n) is 9.76. The predicted octanol–water partition coefficient (Wildman–Crippen LogP) is 1.13. The Balaban J connectivity index is 2.22. The van der Waals surface area contributed by atoms with Crippen molar-refractivity contribution in [2.45, 2.75) is 25.4 Å². The molecule has 1 aromatic heterocycles. The van der Waals surface area contributed by atoms with Gasteiger partial charge in [-0.1, -0.05) is 0 Å². The molecule has 1 aliphatic rings. The molecule has 92 valence electrons. The number of nitrogens with zero attached hydrogens (tertiary/aromatic N) is 2. The van der Waals surface area contributed by atoms with Crippen molar-refractivity contribution < 1.29 is 15.0 Å². The third kappa shape index (κ3) is 2.74. The Hall–Kier alpha value is -1.62. The van der Waals surface area contributed by atoms with Crippen molar-refractivity contribution in [2.24, 2.45) is 0 Å². The number of anilines is 1. The van der Waals surface area contributed by atoms with E-state index < -0.39 is 11.6 Å². The molecular weight excluding hydrogens is 220 g/mol. The number of carboxylic acids is 1. The molecule has 2 rings (SSSR count). The molecule has 0 bridgehead atoms. The lowest BCUT2D eigenvalue weighted by Crippen LogP contribution is -2.46. The molecule has 0 spiro atoms. The van der Waals surface area contributed by atoms with Gasteiger partial charge in [0.05, 0.1) is 11.2 Å². The highest BCUT2D eigenvalue weighted by Gasteiger charge is 2.29. The Morgan fingerprint density at radius 2 is 2.35 bits per heavy atom. The first-order valence-electron chi connectivity index (χ1n) is 5.65. The molecule has 0 saturated carbocycles. The molecule has 0 aliphatic carbocycles. The van der Waals surface area contributed by atoms with Gasteiger partial charge in [-0.15, -0.1) is 0 Å². The van der Waals surface area contributed by atoms with E-state index in [1.54, 1.807) is 13.0 Å². The van der Waals surface area contributed by atoms with Crippen LogP contribution in [0.2, 0.25) is 0 Å². The largest absolute Gasteiger partial charge is 0.478 e. The Labute approximate surface area is 99.7 Å².